The van der Waals surface area contributed by atoms with E-state index in [9.17, 15) is 13.2 Å². The van der Waals surface area contributed by atoms with E-state index in [1.807, 2.05) is 0 Å². The van der Waals surface area contributed by atoms with Crippen LogP contribution in [-0.2, 0) is 6.18 Å². The maximum Gasteiger partial charge on any atom is 0.445 e. The summed E-state index contributed by atoms with van der Waals surface area (Å²) in [4.78, 5) is 1.55. The van der Waals surface area contributed by atoms with Gasteiger partial charge in [-0.05, 0) is 6.92 Å². The van der Waals surface area contributed by atoms with E-state index in [1.54, 1.807) is 18.9 Å². The quantitative estimate of drug-likeness (QED) is 0.866. The molecular weight excluding hydrogens is 229 g/mol. The van der Waals surface area contributed by atoms with Crippen molar-refractivity contribution in [3.63, 3.8) is 0 Å². The third-order valence-electron chi connectivity index (χ3n) is 1.55. The number of hydrogen-bond donors (Lipinski definition) is 1. The average Bonchev–Trinajstić information content (AvgIpc) is 2.48. The molecule has 0 fully saturated rings. The Labute approximate surface area is 88.9 Å². The van der Waals surface area contributed by atoms with Crippen molar-refractivity contribution in [2.24, 2.45) is 5.73 Å². The van der Waals surface area contributed by atoms with E-state index >= 15 is 0 Å². The third-order valence-corrected chi connectivity index (χ3v) is 2.63. The zero-order valence-electron chi connectivity index (χ0n) is 8.25. The summed E-state index contributed by atoms with van der Waals surface area (Å²) in [6.07, 6.45) is -4.43. The summed E-state index contributed by atoms with van der Waals surface area (Å²) in [6.45, 7) is 2.20. The molecule has 0 saturated heterocycles. The summed E-state index contributed by atoms with van der Waals surface area (Å²) < 4.78 is 36.6. The van der Waals surface area contributed by atoms with Crippen molar-refractivity contribution in [2.45, 2.75) is 19.1 Å². The van der Waals surface area contributed by atoms with Gasteiger partial charge in [-0.1, -0.05) is 11.3 Å². The van der Waals surface area contributed by atoms with Gasteiger partial charge in [0, 0.05) is 19.6 Å². The zero-order valence-corrected chi connectivity index (χ0v) is 9.06. The fourth-order valence-corrected chi connectivity index (χ4v) is 1.68. The normalized spacial score (nSPS) is 14.0. The molecule has 1 rings (SSSR count). The van der Waals surface area contributed by atoms with Crippen LogP contribution in [-0.4, -0.2) is 29.8 Å². The Kier molecular flexibility index (Phi) is 3.50. The molecule has 1 atom stereocenters. The van der Waals surface area contributed by atoms with Crippen LogP contribution < -0.4 is 10.6 Å². The van der Waals surface area contributed by atoms with Crippen molar-refractivity contribution >= 4 is 16.5 Å². The Morgan fingerprint density at radius 3 is 2.47 bits per heavy atom. The molecule has 0 aliphatic heterocycles. The van der Waals surface area contributed by atoms with Crippen LogP contribution in [0.5, 0.6) is 0 Å². The van der Waals surface area contributed by atoms with Gasteiger partial charge in [0.1, 0.15) is 0 Å². The number of aromatic nitrogens is 2. The average molecular weight is 240 g/mol. The predicted molar refractivity (Wildman–Crippen MR) is 51.8 cm³/mol. The second-order valence-electron chi connectivity index (χ2n) is 3.25. The van der Waals surface area contributed by atoms with Gasteiger partial charge in [0.2, 0.25) is 10.1 Å². The summed E-state index contributed by atoms with van der Waals surface area (Å²) in [5.41, 5.74) is 5.52. The highest BCUT2D eigenvalue weighted by molar-refractivity contribution is 7.15. The van der Waals surface area contributed by atoms with E-state index in [0.29, 0.717) is 17.9 Å². The van der Waals surface area contributed by atoms with Crippen molar-refractivity contribution in [3.05, 3.63) is 5.01 Å². The van der Waals surface area contributed by atoms with E-state index in [2.05, 4.69) is 10.2 Å². The number of likely N-dealkylation sites (N-methyl/N-ethyl adjacent to an activating group) is 1. The molecule has 1 aromatic rings. The van der Waals surface area contributed by atoms with Gasteiger partial charge in [0.15, 0.2) is 0 Å². The lowest BCUT2D eigenvalue weighted by Gasteiger charge is -2.16. The van der Waals surface area contributed by atoms with E-state index < -0.39 is 11.2 Å². The molecule has 0 aliphatic rings. The maximum absolute atomic E-state index is 12.2. The largest absolute Gasteiger partial charge is 0.445 e. The van der Waals surface area contributed by atoms with Gasteiger partial charge >= 0.3 is 6.18 Å². The highest BCUT2D eigenvalue weighted by atomic mass is 32.1. The Hall–Kier alpha value is -0.890. The van der Waals surface area contributed by atoms with E-state index in [4.69, 9.17) is 5.73 Å². The fourth-order valence-electron chi connectivity index (χ4n) is 0.994. The second kappa shape index (κ2) is 4.31. The molecule has 15 heavy (non-hydrogen) atoms. The third kappa shape index (κ3) is 3.31. The number of halogens is 3. The molecule has 4 nitrogen and oxygen atoms in total. The molecule has 0 aliphatic carbocycles. The molecule has 0 amide bonds. The van der Waals surface area contributed by atoms with E-state index in [1.165, 1.54) is 0 Å². The number of nitrogens with two attached hydrogens (primary N) is 1. The summed E-state index contributed by atoms with van der Waals surface area (Å²) in [7, 11) is 1.63. The molecule has 0 aromatic carbocycles. The number of nitrogens with zero attached hydrogens (tertiary/aromatic N) is 3. The first kappa shape index (κ1) is 12.2. The summed E-state index contributed by atoms with van der Waals surface area (Å²) in [5, 5.41) is 5.82. The van der Waals surface area contributed by atoms with Crippen LogP contribution in [0.1, 0.15) is 11.9 Å². The highest BCUT2D eigenvalue weighted by Gasteiger charge is 2.36. The van der Waals surface area contributed by atoms with Crippen molar-refractivity contribution < 1.29 is 13.2 Å². The molecule has 1 unspecified atom stereocenters. The number of rotatable bonds is 3. The molecule has 2 N–H and O–H groups in total. The molecule has 0 bridgehead atoms. The monoisotopic (exact) mass is 240 g/mol. The van der Waals surface area contributed by atoms with Crippen LogP contribution in [0.2, 0.25) is 0 Å². The summed E-state index contributed by atoms with van der Waals surface area (Å²) >= 11 is 0.513. The molecule has 0 saturated carbocycles. The van der Waals surface area contributed by atoms with Gasteiger partial charge in [-0.25, -0.2) is 0 Å². The van der Waals surface area contributed by atoms with Crippen molar-refractivity contribution in [2.75, 3.05) is 18.5 Å². The van der Waals surface area contributed by atoms with Crippen LogP contribution in [0.3, 0.4) is 0 Å². The smallest absolute Gasteiger partial charge is 0.348 e. The summed E-state index contributed by atoms with van der Waals surface area (Å²) in [5.74, 6) is 0. The lowest BCUT2D eigenvalue weighted by Crippen LogP contribution is -2.32. The number of anilines is 1. The molecule has 1 aromatic heterocycles. The van der Waals surface area contributed by atoms with Gasteiger partial charge in [0.05, 0.1) is 0 Å². The fraction of sp³-hybridized carbons (Fsp3) is 0.714. The predicted octanol–water partition coefficient (Wildman–Crippen LogP) is 1.34. The van der Waals surface area contributed by atoms with E-state index in [0.717, 1.165) is 0 Å². The standard InChI is InChI=1S/C7H11F3N4S/c1-4(11)3-14(2)6-13-12-5(15-6)7(8,9)10/h4H,3,11H2,1-2H3. The molecule has 8 heteroatoms. The number of alkyl halides is 3. The maximum atomic E-state index is 12.2. The van der Waals surface area contributed by atoms with Crippen LogP contribution in [0.4, 0.5) is 18.3 Å². The number of hydrogen-bond acceptors (Lipinski definition) is 5. The van der Waals surface area contributed by atoms with E-state index in [-0.39, 0.29) is 11.2 Å². The minimum Gasteiger partial charge on any atom is -0.348 e. The lowest BCUT2D eigenvalue weighted by molar-refractivity contribution is -0.138. The first-order valence-electron chi connectivity index (χ1n) is 4.18. The van der Waals surface area contributed by atoms with Gasteiger partial charge in [-0.2, -0.15) is 13.2 Å². The Morgan fingerprint density at radius 2 is 2.07 bits per heavy atom. The molecular formula is C7H11F3N4S. The van der Waals surface area contributed by atoms with Crippen molar-refractivity contribution in [1.82, 2.24) is 10.2 Å². The van der Waals surface area contributed by atoms with Gasteiger partial charge in [-0.3, -0.25) is 0 Å². The van der Waals surface area contributed by atoms with Crippen molar-refractivity contribution in [1.29, 1.82) is 0 Å². The molecule has 1 heterocycles. The minimum atomic E-state index is -4.43. The molecule has 0 radical (unpaired) electrons. The van der Waals surface area contributed by atoms with Crippen LogP contribution in [0.25, 0.3) is 0 Å². The first-order valence-corrected chi connectivity index (χ1v) is 4.99. The summed E-state index contributed by atoms with van der Waals surface area (Å²) in [6, 6.07) is -0.131. The van der Waals surface area contributed by atoms with Gasteiger partial charge in [0.25, 0.3) is 0 Å². The Balaban J connectivity index is 2.76. The topological polar surface area (TPSA) is 55.0 Å². The Morgan fingerprint density at radius 1 is 1.47 bits per heavy atom. The first-order chi connectivity index (χ1) is 6.80. The molecule has 0 spiro atoms. The molecule has 86 valence electrons. The SMILES string of the molecule is CC(N)CN(C)c1nnc(C(F)(F)F)s1. The Bertz CT molecular complexity index is 322. The lowest BCUT2D eigenvalue weighted by atomic mass is 10.3. The van der Waals surface area contributed by atoms with Crippen molar-refractivity contribution in [3.8, 4) is 0 Å². The van der Waals surface area contributed by atoms with Gasteiger partial charge in [-0.15, -0.1) is 10.2 Å². The van der Waals surface area contributed by atoms with Gasteiger partial charge < -0.3 is 10.6 Å². The highest BCUT2D eigenvalue weighted by Crippen LogP contribution is 2.33. The zero-order chi connectivity index (χ0) is 11.6. The minimum absolute atomic E-state index is 0.131. The second-order valence-corrected chi connectivity index (χ2v) is 4.20. The van der Waals surface area contributed by atoms with Crippen LogP contribution in [0.15, 0.2) is 0 Å². The van der Waals surface area contributed by atoms with Crippen LogP contribution in [0, 0.1) is 0 Å². The van der Waals surface area contributed by atoms with Crippen LogP contribution >= 0.6 is 11.3 Å².